The van der Waals surface area contributed by atoms with Gasteiger partial charge in [-0.05, 0) is 30.2 Å². The number of likely N-dealkylation sites (tertiary alicyclic amines) is 1. The number of aromatic nitrogens is 3. The van der Waals surface area contributed by atoms with E-state index in [4.69, 9.17) is 11.6 Å². The maximum atomic E-state index is 12.6. The normalized spacial score (nSPS) is 17.5. The molecule has 0 bridgehead atoms. The molecule has 0 aliphatic carbocycles. The van der Waals surface area contributed by atoms with Gasteiger partial charge in [-0.15, -0.1) is 0 Å². The van der Waals surface area contributed by atoms with Crippen LogP contribution >= 0.6 is 11.6 Å². The largest absolute Gasteiger partial charge is 0.342 e. The third-order valence-electron chi connectivity index (χ3n) is 4.56. The van der Waals surface area contributed by atoms with E-state index < -0.39 is 0 Å². The lowest BCUT2D eigenvalue weighted by Gasteiger charge is -2.17. The summed E-state index contributed by atoms with van der Waals surface area (Å²) in [5.74, 6) is 1.19. The van der Waals surface area contributed by atoms with Crippen molar-refractivity contribution in [1.29, 1.82) is 0 Å². The van der Waals surface area contributed by atoms with Gasteiger partial charge in [0, 0.05) is 48.3 Å². The van der Waals surface area contributed by atoms with E-state index in [0.717, 1.165) is 25.1 Å². The van der Waals surface area contributed by atoms with Crippen LogP contribution in [0.5, 0.6) is 0 Å². The molecule has 4 rings (SSSR count). The predicted octanol–water partition coefficient (Wildman–Crippen LogP) is 2.94. The molecule has 1 unspecified atom stereocenters. The summed E-state index contributed by atoms with van der Waals surface area (Å²) in [4.78, 5) is 23.0. The summed E-state index contributed by atoms with van der Waals surface area (Å²) in [7, 11) is 0. The number of imidazole rings is 1. The number of benzene rings is 1. The molecule has 24 heavy (non-hydrogen) atoms. The number of amides is 1. The summed E-state index contributed by atoms with van der Waals surface area (Å²) in [6, 6.07) is 9.48. The number of carbonyl (C=O) groups excluding carboxylic acids is 1. The van der Waals surface area contributed by atoms with E-state index in [2.05, 4.69) is 9.97 Å². The highest BCUT2D eigenvalue weighted by Crippen LogP contribution is 2.27. The second-order valence-corrected chi connectivity index (χ2v) is 6.53. The monoisotopic (exact) mass is 340 g/mol. The number of carbonyl (C=O) groups is 1. The van der Waals surface area contributed by atoms with Crippen LogP contribution in [0.25, 0.3) is 5.78 Å². The van der Waals surface area contributed by atoms with Gasteiger partial charge in [0.25, 0.3) is 0 Å². The molecule has 6 heteroatoms. The minimum absolute atomic E-state index is 0.163. The number of hydrogen-bond donors (Lipinski definition) is 0. The minimum atomic E-state index is 0.163. The first-order valence-electron chi connectivity index (χ1n) is 8.01. The molecule has 1 amide bonds. The zero-order valence-electron chi connectivity index (χ0n) is 13.1. The third-order valence-corrected chi connectivity index (χ3v) is 4.81. The van der Waals surface area contributed by atoms with E-state index >= 15 is 0 Å². The lowest BCUT2D eigenvalue weighted by molar-refractivity contribution is -0.129. The van der Waals surface area contributed by atoms with Gasteiger partial charge >= 0.3 is 0 Å². The Kier molecular flexibility index (Phi) is 3.94. The molecule has 1 atom stereocenters. The Labute approximate surface area is 144 Å². The number of hydrogen-bond acceptors (Lipinski definition) is 3. The fourth-order valence-corrected chi connectivity index (χ4v) is 3.43. The smallest absolute Gasteiger partial charge is 0.233 e. The van der Waals surface area contributed by atoms with E-state index in [0.29, 0.717) is 23.1 Å². The van der Waals surface area contributed by atoms with Crippen molar-refractivity contribution in [3.05, 3.63) is 65.2 Å². The van der Waals surface area contributed by atoms with E-state index in [1.807, 2.05) is 45.8 Å². The van der Waals surface area contributed by atoms with Gasteiger partial charge in [0.2, 0.25) is 11.7 Å². The molecule has 1 aliphatic heterocycles. The third kappa shape index (κ3) is 2.87. The molecule has 1 fully saturated rings. The summed E-state index contributed by atoms with van der Waals surface area (Å²) in [6.07, 6.45) is 6.85. The van der Waals surface area contributed by atoms with Gasteiger partial charge in [0.15, 0.2) is 0 Å². The van der Waals surface area contributed by atoms with Gasteiger partial charge < -0.3 is 4.90 Å². The van der Waals surface area contributed by atoms with Crippen LogP contribution in [-0.2, 0) is 11.2 Å². The first-order valence-corrected chi connectivity index (χ1v) is 8.39. The molecular formula is C18H17ClN4O. The second kappa shape index (κ2) is 6.24. The van der Waals surface area contributed by atoms with Crippen LogP contribution in [0, 0.1) is 0 Å². The summed E-state index contributed by atoms with van der Waals surface area (Å²) < 4.78 is 2.01. The highest BCUT2D eigenvalue weighted by atomic mass is 35.5. The Morgan fingerprint density at radius 3 is 2.79 bits per heavy atom. The summed E-state index contributed by atoms with van der Waals surface area (Å²) >= 11 is 5.89. The standard InChI is InChI=1S/C18H17ClN4O/c19-15-3-1-13(2-4-15)11-17(24)22-9-6-14(12-22)16-5-7-20-18-21-8-10-23(16)18/h1-5,7-8,10,14H,6,9,11-12H2. The summed E-state index contributed by atoms with van der Waals surface area (Å²) in [5.41, 5.74) is 2.16. The van der Waals surface area contributed by atoms with Crippen LogP contribution in [0.4, 0.5) is 0 Å². The molecule has 3 aromatic rings. The van der Waals surface area contributed by atoms with Crippen LogP contribution in [0.3, 0.4) is 0 Å². The number of fused-ring (bicyclic) bond motifs is 1. The van der Waals surface area contributed by atoms with Crippen molar-refractivity contribution in [2.75, 3.05) is 13.1 Å². The lowest BCUT2D eigenvalue weighted by atomic mass is 10.0. The molecule has 0 radical (unpaired) electrons. The fourth-order valence-electron chi connectivity index (χ4n) is 3.30. The van der Waals surface area contributed by atoms with Gasteiger partial charge in [0.05, 0.1) is 6.42 Å². The van der Waals surface area contributed by atoms with E-state index in [1.54, 1.807) is 12.4 Å². The Morgan fingerprint density at radius 2 is 1.96 bits per heavy atom. The molecule has 1 aromatic carbocycles. The van der Waals surface area contributed by atoms with Crippen molar-refractivity contribution in [3.8, 4) is 0 Å². The quantitative estimate of drug-likeness (QED) is 0.736. The maximum Gasteiger partial charge on any atom is 0.233 e. The van der Waals surface area contributed by atoms with Crippen molar-refractivity contribution in [1.82, 2.24) is 19.3 Å². The molecular weight excluding hydrogens is 324 g/mol. The zero-order valence-corrected chi connectivity index (χ0v) is 13.9. The van der Waals surface area contributed by atoms with Gasteiger partial charge in [-0.1, -0.05) is 23.7 Å². The minimum Gasteiger partial charge on any atom is -0.342 e. The van der Waals surface area contributed by atoms with E-state index in [9.17, 15) is 4.79 Å². The molecule has 0 saturated carbocycles. The van der Waals surface area contributed by atoms with Crippen LogP contribution < -0.4 is 0 Å². The number of nitrogens with zero attached hydrogens (tertiary/aromatic N) is 4. The Balaban J connectivity index is 1.47. The summed E-state index contributed by atoms with van der Waals surface area (Å²) in [6.45, 7) is 1.53. The van der Waals surface area contributed by atoms with Crippen molar-refractivity contribution in [3.63, 3.8) is 0 Å². The Morgan fingerprint density at radius 1 is 1.17 bits per heavy atom. The molecule has 3 heterocycles. The van der Waals surface area contributed by atoms with Crippen molar-refractivity contribution >= 4 is 23.3 Å². The highest BCUT2D eigenvalue weighted by Gasteiger charge is 2.28. The highest BCUT2D eigenvalue weighted by molar-refractivity contribution is 6.30. The zero-order chi connectivity index (χ0) is 16.5. The van der Waals surface area contributed by atoms with Gasteiger partial charge in [-0.2, -0.15) is 0 Å². The summed E-state index contributed by atoms with van der Waals surface area (Å²) in [5, 5.41) is 0.689. The average molecular weight is 341 g/mol. The van der Waals surface area contributed by atoms with Crippen molar-refractivity contribution in [2.45, 2.75) is 18.8 Å². The van der Waals surface area contributed by atoms with Crippen molar-refractivity contribution < 1.29 is 4.79 Å². The molecule has 5 nitrogen and oxygen atoms in total. The van der Waals surface area contributed by atoms with Crippen LogP contribution in [0.1, 0.15) is 23.6 Å². The topological polar surface area (TPSA) is 50.5 Å². The van der Waals surface area contributed by atoms with Crippen molar-refractivity contribution in [2.24, 2.45) is 0 Å². The molecule has 1 aliphatic rings. The second-order valence-electron chi connectivity index (χ2n) is 6.10. The molecule has 2 aromatic heterocycles. The van der Waals surface area contributed by atoms with E-state index in [-0.39, 0.29) is 5.91 Å². The predicted molar refractivity (Wildman–Crippen MR) is 92.1 cm³/mol. The molecule has 0 N–H and O–H groups in total. The Bertz CT molecular complexity index is 874. The van der Waals surface area contributed by atoms with Gasteiger partial charge in [-0.25, -0.2) is 9.97 Å². The lowest BCUT2D eigenvalue weighted by Crippen LogP contribution is -2.30. The van der Waals surface area contributed by atoms with Gasteiger partial charge in [0.1, 0.15) is 0 Å². The molecule has 122 valence electrons. The first kappa shape index (κ1) is 15.1. The van der Waals surface area contributed by atoms with E-state index in [1.165, 1.54) is 5.69 Å². The SMILES string of the molecule is O=C(Cc1ccc(Cl)cc1)N1CCC(c2ccnc3nccn23)C1. The van der Waals surface area contributed by atoms with Crippen LogP contribution in [0.15, 0.2) is 48.9 Å². The first-order chi connectivity index (χ1) is 11.7. The number of halogens is 1. The fraction of sp³-hybridized carbons (Fsp3) is 0.278. The van der Waals surface area contributed by atoms with Crippen LogP contribution in [0.2, 0.25) is 5.02 Å². The maximum absolute atomic E-state index is 12.6. The molecule has 1 saturated heterocycles. The van der Waals surface area contributed by atoms with Gasteiger partial charge in [-0.3, -0.25) is 9.20 Å². The average Bonchev–Trinajstić information content (AvgIpc) is 3.25. The number of rotatable bonds is 3. The van der Waals surface area contributed by atoms with Crippen LogP contribution in [-0.4, -0.2) is 38.3 Å². The molecule has 0 spiro atoms. The Hall–Kier alpha value is -2.40.